The molecule has 0 saturated heterocycles. The van der Waals surface area contributed by atoms with E-state index >= 15 is 0 Å². The molecule has 0 aromatic carbocycles. The molecule has 0 aromatic rings. The summed E-state index contributed by atoms with van der Waals surface area (Å²) in [6, 6.07) is 0. The van der Waals surface area contributed by atoms with Crippen LogP contribution >= 0.6 is 0 Å². The molecule has 2 heteroatoms. The number of allylic oxidation sites excluding steroid dienone is 4. The number of aliphatic hydroxyl groups is 1. The van der Waals surface area contributed by atoms with Gasteiger partial charge in [-0.25, -0.2) is 0 Å². The molecular formula is C15H25NO. The van der Waals surface area contributed by atoms with Crippen LogP contribution in [0.1, 0.15) is 26.7 Å². The van der Waals surface area contributed by atoms with Crippen LogP contribution in [0.3, 0.4) is 0 Å². The number of nitrogens with zero attached hydrogens (tertiary/aromatic N) is 1. The Morgan fingerprint density at radius 1 is 1.41 bits per heavy atom. The lowest BCUT2D eigenvalue weighted by molar-refractivity contribution is 0.171. The Kier molecular flexibility index (Phi) is 5.66. The standard InChI is InChI=1S/C15H25NO/c1-4-8-14(5-2)15(10-12-17)9-6-7-11-16(3)13-15/h4-8,17H,9-13H2,1-3H3. The molecule has 96 valence electrons. The van der Waals surface area contributed by atoms with E-state index in [1.165, 1.54) is 5.57 Å². The van der Waals surface area contributed by atoms with Crippen molar-refractivity contribution in [2.75, 3.05) is 26.7 Å². The Morgan fingerprint density at radius 3 is 2.76 bits per heavy atom. The second-order valence-electron chi connectivity index (χ2n) is 4.87. The fraction of sp³-hybridized carbons (Fsp3) is 0.600. The van der Waals surface area contributed by atoms with Crippen molar-refractivity contribution in [2.24, 2.45) is 5.41 Å². The van der Waals surface area contributed by atoms with Crippen LogP contribution in [0, 0.1) is 5.41 Å². The topological polar surface area (TPSA) is 23.5 Å². The maximum atomic E-state index is 9.38. The number of likely N-dealkylation sites (N-methyl/N-ethyl adjacent to an activating group) is 1. The van der Waals surface area contributed by atoms with Crippen LogP contribution in [-0.4, -0.2) is 36.8 Å². The molecule has 0 bridgehead atoms. The lowest BCUT2D eigenvalue weighted by atomic mass is 9.74. The van der Waals surface area contributed by atoms with Gasteiger partial charge in [0.15, 0.2) is 0 Å². The average molecular weight is 235 g/mol. The van der Waals surface area contributed by atoms with Crippen LogP contribution in [0.4, 0.5) is 0 Å². The van der Waals surface area contributed by atoms with Crippen molar-refractivity contribution < 1.29 is 5.11 Å². The van der Waals surface area contributed by atoms with Gasteiger partial charge in [0, 0.05) is 25.1 Å². The Balaban J connectivity index is 3.05. The molecule has 1 heterocycles. The van der Waals surface area contributed by atoms with Crippen molar-refractivity contribution in [1.82, 2.24) is 4.90 Å². The van der Waals surface area contributed by atoms with E-state index in [0.717, 1.165) is 25.9 Å². The predicted molar refractivity (Wildman–Crippen MR) is 74.0 cm³/mol. The fourth-order valence-corrected chi connectivity index (χ4v) is 2.72. The molecule has 0 aliphatic carbocycles. The van der Waals surface area contributed by atoms with Crippen molar-refractivity contribution in [3.8, 4) is 0 Å². The van der Waals surface area contributed by atoms with E-state index < -0.39 is 0 Å². The molecule has 17 heavy (non-hydrogen) atoms. The minimum atomic E-state index is 0.0672. The van der Waals surface area contributed by atoms with E-state index in [1.54, 1.807) is 0 Å². The molecule has 0 radical (unpaired) electrons. The van der Waals surface area contributed by atoms with E-state index in [2.05, 4.69) is 49.3 Å². The Hall–Kier alpha value is -0.860. The van der Waals surface area contributed by atoms with E-state index in [0.29, 0.717) is 0 Å². The maximum Gasteiger partial charge on any atom is 0.0440 e. The summed E-state index contributed by atoms with van der Waals surface area (Å²) in [6.07, 6.45) is 12.8. The molecule has 1 rings (SSSR count). The summed E-state index contributed by atoms with van der Waals surface area (Å²) in [5, 5.41) is 9.38. The molecule has 0 fully saturated rings. The highest BCUT2D eigenvalue weighted by Crippen LogP contribution is 2.38. The molecular weight excluding hydrogens is 210 g/mol. The summed E-state index contributed by atoms with van der Waals surface area (Å²) < 4.78 is 0. The average Bonchev–Trinajstić information content (AvgIpc) is 2.49. The Labute approximate surface area is 105 Å². The third kappa shape index (κ3) is 3.55. The highest BCUT2D eigenvalue weighted by atomic mass is 16.3. The quantitative estimate of drug-likeness (QED) is 0.598. The first-order chi connectivity index (χ1) is 8.18. The van der Waals surface area contributed by atoms with Gasteiger partial charge in [-0.2, -0.15) is 0 Å². The number of hydrogen-bond donors (Lipinski definition) is 1. The van der Waals surface area contributed by atoms with Crippen molar-refractivity contribution in [2.45, 2.75) is 26.7 Å². The van der Waals surface area contributed by atoms with Gasteiger partial charge in [0.1, 0.15) is 0 Å². The van der Waals surface area contributed by atoms with E-state index in [9.17, 15) is 5.11 Å². The predicted octanol–water partition coefficient (Wildman–Crippen LogP) is 2.77. The minimum Gasteiger partial charge on any atom is -0.396 e. The first-order valence-electron chi connectivity index (χ1n) is 6.42. The third-order valence-corrected chi connectivity index (χ3v) is 3.52. The van der Waals surface area contributed by atoms with Crippen molar-refractivity contribution >= 4 is 0 Å². The minimum absolute atomic E-state index is 0.0672. The molecule has 0 amide bonds. The molecule has 1 aliphatic rings. The van der Waals surface area contributed by atoms with Crippen molar-refractivity contribution in [3.05, 3.63) is 36.0 Å². The fourth-order valence-electron chi connectivity index (χ4n) is 2.72. The molecule has 1 unspecified atom stereocenters. The SMILES string of the molecule is CC=CC(=CC)C1(CCO)CC=CCN(C)C1. The summed E-state index contributed by atoms with van der Waals surface area (Å²) in [7, 11) is 2.14. The van der Waals surface area contributed by atoms with Gasteiger partial charge in [0.2, 0.25) is 0 Å². The van der Waals surface area contributed by atoms with E-state index in [1.807, 2.05) is 6.92 Å². The molecule has 1 atom stereocenters. The largest absolute Gasteiger partial charge is 0.396 e. The van der Waals surface area contributed by atoms with E-state index in [-0.39, 0.29) is 12.0 Å². The van der Waals surface area contributed by atoms with Crippen LogP contribution in [0.2, 0.25) is 0 Å². The zero-order chi connectivity index (χ0) is 12.7. The van der Waals surface area contributed by atoms with Crippen molar-refractivity contribution in [1.29, 1.82) is 0 Å². The summed E-state index contributed by atoms with van der Waals surface area (Å²) >= 11 is 0. The first kappa shape index (κ1) is 14.2. The van der Waals surface area contributed by atoms with Crippen LogP contribution in [0.15, 0.2) is 36.0 Å². The van der Waals surface area contributed by atoms with Gasteiger partial charge in [-0.15, -0.1) is 0 Å². The second-order valence-corrected chi connectivity index (χ2v) is 4.87. The van der Waals surface area contributed by atoms with Gasteiger partial charge in [0.05, 0.1) is 0 Å². The smallest absolute Gasteiger partial charge is 0.0440 e. The van der Waals surface area contributed by atoms with Crippen LogP contribution < -0.4 is 0 Å². The normalized spacial score (nSPS) is 27.6. The molecule has 0 aromatic heterocycles. The molecule has 2 nitrogen and oxygen atoms in total. The molecule has 0 spiro atoms. The Morgan fingerprint density at radius 2 is 2.18 bits per heavy atom. The summed E-state index contributed by atoms with van der Waals surface area (Å²) in [5.74, 6) is 0. The van der Waals surface area contributed by atoms with E-state index in [4.69, 9.17) is 0 Å². The van der Waals surface area contributed by atoms with Crippen molar-refractivity contribution in [3.63, 3.8) is 0 Å². The number of rotatable bonds is 4. The Bertz CT molecular complexity index is 317. The molecule has 0 saturated carbocycles. The van der Waals surface area contributed by atoms with Gasteiger partial charge in [-0.3, -0.25) is 0 Å². The van der Waals surface area contributed by atoms with Gasteiger partial charge >= 0.3 is 0 Å². The maximum absolute atomic E-state index is 9.38. The number of aliphatic hydroxyl groups excluding tert-OH is 1. The summed E-state index contributed by atoms with van der Waals surface area (Å²) in [6.45, 7) is 6.39. The van der Waals surface area contributed by atoms with Gasteiger partial charge in [-0.1, -0.05) is 30.4 Å². The number of hydrogen-bond acceptors (Lipinski definition) is 2. The van der Waals surface area contributed by atoms with Crippen LogP contribution in [0.25, 0.3) is 0 Å². The summed E-state index contributed by atoms with van der Waals surface area (Å²) in [4.78, 5) is 2.33. The zero-order valence-electron chi connectivity index (χ0n) is 11.3. The lowest BCUT2D eigenvalue weighted by Gasteiger charge is -2.36. The zero-order valence-corrected chi connectivity index (χ0v) is 11.3. The monoisotopic (exact) mass is 235 g/mol. The first-order valence-corrected chi connectivity index (χ1v) is 6.42. The molecule has 1 aliphatic heterocycles. The highest BCUT2D eigenvalue weighted by molar-refractivity contribution is 5.28. The second kappa shape index (κ2) is 6.77. The highest BCUT2D eigenvalue weighted by Gasteiger charge is 2.33. The van der Waals surface area contributed by atoms with Crippen LogP contribution in [0.5, 0.6) is 0 Å². The lowest BCUT2D eigenvalue weighted by Crippen LogP contribution is -2.36. The van der Waals surface area contributed by atoms with Crippen LogP contribution in [-0.2, 0) is 0 Å². The van der Waals surface area contributed by atoms with Gasteiger partial charge in [-0.05, 0) is 39.3 Å². The van der Waals surface area contributed by atoms with Gasteiger partial charge < -0.3 is 10.0 Å². The van der Waals surface area contributed by atoms with Gasteiger partial charge in [0.25, 0.3) is 0 Å². The molecule has 1 N–H and O–H groups in total. The summed E-state index contributed by atoms with van der Waals surface area (Å²) in [5.41, 5.74) is 1.41. The third-order valence-electron chi connectivity index (χ3n) is 3.52.